The number of hydrogen-bond acceptors (Lipinski definition) is 5. The van der Waals surface area contributed by atoms with Gasteiger partial charge in [-0.3, -0.25) is 15.1 Å². The Balaban J connectivity index is 2.23. The molecule has 0 saturated heterocycles. The molecule has 0 aliphatic rings. The molecule has 0 unspecified atom stereocenters. The van der Waals surface area contributed by atoms with E-state index < -0.39 is 11.0 Å². The van der Waals surface area contributed by atoms with Gasteiger partial charge >= 0.3 is 0 Å². The number of nitro benzene ring substituents is 1. The maximum atomic E-state index is 10.8. The van der Waals surface area contributed by atoms with Crippen LogP contribution >= 0.6 is 15.9 Å². The molecule has 2 aromatic rings. The van der Waals surface area contributed by atoms with Crippen LogP contribution in [-0.4, -0.2) is 15.0 Å². The molecular weight excluding hydrogens is 328 g/mol. The highest BCUT2D eigenvalue weighted by Gasteiger charge is 2.10. The topological polar surface area (TPSA) is 85.5 Å². The first-order valence-electron chi connectivity index (χ1n) is 5.72. The standard InChI is InChI=1S/C13H11BrN2O4/c1-8(17)13-3-2-11(7-15-13)20-12-5-9(14)4-10(6-12)16(18)19/h2-8,17H,1H3/t8-/m1/s1. The minimum Gasteiger partial charge on any atom is -0.455 e. The highest BCUT2D eigenvalue weighted by atomic mass is 79.9. The zero-order valence-electron chi connectivity index (χ0n) is 10.5. The number of nitro groups is 1. The Bertz CT molecular complexity index is 629. The van der Waals surface area contributed by atoms with E-state index in [9.17, 15) is 15.2 Å². The largest absolute Gasteiger partial charge is 0.455 e. The summed E-state index contributed by atoms with van der Waals surface area (Å²) in [7, 11) is 0. The lowest BCUT2D eigenvalue weighted by Gasteiger charge is -2.07. The summed E-state index contributed by atoms with van der Waals surface area (Å²) in [6, 6.07) is 7.61. The molecule has 1 aromatic heterocycles. The lowest BCUT2D eigenvalue weighted by atomic mass is 10.2. The van der Waals surface area contributed by atoms with Gasteiger partial charge in [0.1, 0.15) is 11.5 Å². The zero-order chi connectivity index (χ0) is 14.7. The second kappa shape index (κ2) is 5.98. The van der Waals surface area contributed by atoms with Gasteiger partial charge in [-0.1, -0.05) is 15.9 Å². The van der Waals surface area contributed by atoms with E-state index in [2.05, 4.69) is 20.9 Å². The molecule has 1 heterocycles. The lowest BCUT2D eigenvalue weighted by molar-refractivity contribution is -0.385. The van der Waals surface area contributed by atoms with E-state index in [0.29, 0.717) is 21.7 Å². The summed E-state index contributed by atoms with van der Waals surface area (Å²) in [6.45, 7) is 1.61. The minimum absolute atomic E-state index is 0.0667. The Morgan fingerprint density at radius 1 is 1.35 bits per heavy atom. The molecule has 0 saturated carbocycles. The maximum Gasteiger partial charge on any atom is 0.274 e. The summed E-state index contributed by atoms with van der Waals surface area (Å²) in [6.07, 6.45) is 0.797. The van der Waals surface area contributed by atoms with Crippen molar-refractivity contribution in [1.29, 1.82) is 0 Å². The van der Waals surface area contributed by atoms with E-state index in [-0.39, 0.29) is 5.69 Å². The number of halogens is 1. The van der Waals surface area contributed by atoms with Crippen LogP contribution in [0, 0.1) is 10.1 Å². The number of non-ortho nitro benzene ring substituents is 1. The number of aliphatic hydroxyl groups excluding tert-OH is 1. The molecule has 0 aliphatic heterocycles. The van der Waals surface area contributed by atoms with Crippen LogP contribution in [0.1, 0.15) is 18.7 Å². The number of ether oxygens (including phenoxy) is 1. The van der Waals surface area contributed by atoms with E-state index in [4.69, 9.17) is 4.74 Å². The fraction of sp³-hybridized carbons (Fsp3) is 0.154. The third kappa shape index (κ3) is 3.52. The molecule has 1 aromatic carbocycles. The van der Waals surface area contributed by atoms with Gasteiger partial charge in [-0.15, -0.1) is 0 Å². The molecule has 7 heteroatoms. The van der Waals surface area contributed by atoms with Gasteiger partial charge < -0.3 is 9.84 Å². The first-order valence-corrected chi connectivity index (χ1v) is 6.52. The molecule has 0 amide bonds. The van der Waals surface area contributed by atoms with Gasteiger partial charge in [0.05, 0.1) is 29.0 Å². The van der Waals surface area contributed by atoms with Crippen molar-refractivity contribution in [1.82, 2.24) is 4.98 Å². The van der Waals surface area contributed by atoms with Gasteiger partial charge in [-0.2, -0.15) is 0 Å². The molecule has 0 radical (unpaired) electrons. The van der Waals surface area contributed by atoms with Crippen molar-refractivity contribution in [3.8, 4) is 11.5 Å². The maximum absolute atomic E-state index is 10.8. The van der Waals surface area contributed by atoms with Crippen molar-refractivity contribution in [3.05, 3.63) is 56.8 Å². The van der Waals surface area contributed by atoms with Gasteiger partial charge in [0.25, 0.3) is 5.69 Å². The summed E-state index contributed by atoms with van der Waals surface area (Å²) in [5.41, 5.74) is 0.459. The van der Waals surface area contributed by atoms with E-state index >= 15 is 0 Å². The number of hydrogen-bond donors (Lipinski definition) is 1. The van der Waals surface area contributed by atoms with Crippen LogP contribution in [-0.2, 0) is 0 Å². The molecule has 0 aliphatic carbocycles. The smallest absolute Gasteiger partial charge is 0.274 e. The van der Waals surface area contributed by atoms with Crippen molar-refractivity contribution in [2.75, 3.05) is 0 Å². The molecule has 1 atom stereocenters. The number of aliphatic hydroxyl groups is 1. The molecular formula is C13H11BrN2O4. The number of nitrogens with zero attached hydrogens (tertiary/aromatic N) is 2. The van der Waals surface area contributed by atoms with Gasteiger partial charge in [0, 0.05) is 10.5 Å². The van der Waals surface area contributed by atoms with Crippen LogP contribution < -0.4 is 4.74 Å². The second-order valence-electron chi connectivity index (χ2n) is 4.10. The normalized spacial score (nSPS) is 11.9. The highest BCUT2D eigenvalue weighted by Crippen LogP contribution is 2.29. The molecule has 20 heavy (non-hydrogen) atoms. The van der Waals surface area contributed by atoms with Crippen molar-refractivity contribution >= 4 is 21.6 Å². The van der Waals surface area contributed by atoms with Gasteiger partial charge in [-0.05, 0) is 25.1 Å². The Morgan fingerprint density at radius 2 is 2.10 bits per heavy atom. The summed E-state index contributed by atoms with van der Waals surface area (Å²) in [4.78, 5) is 14.3. The quantitative estimate of drug-likeness (QED) is 0.679. The Hall–Kier alpha value is -1.99. The number of benzene rings is 1. The summed E-state index contributed by atoms with van der Waals surface area (Å²) < 4.78 is 6.06. The fourth-order valence-corrected chi connectivity index (χ4v) is 2.01. The molecule has 2 rings (SSSR count). The van der Waals surface area contributed by atoms with E-state index in [1.165, 1.54) is 18.3 Å². The predicted octanol–water partition coefficient (Wildman–Crippen LogP) is 3.60. The van der Waals surface area contributed by atoms with E-state index in [0.717, 1.165) is 0 Å². The second-order valence-corrected chi connectivity index (χ2v) is 5.01. The summed E-state index contributed by atoms with van der Waals surface area (Å²) in [5.74, 6) is 0.763. The average molecular weight is 339 g/mol. The van der Waals surface area contributed by atoms with Crippen LogP contribution in [0.25, 0.3) is 0 Å². The molecule has 0 spiro atoms. The lowest BCUT2D eigenvalue weighted by Crippen LogP contribution is -1.95. The molecule has 0 bridgehead atoms. The van der Waals surface area contributed by atoms with Crippen LogP contribution in [0.3, 0.4) is 0 Å². The van der Waals surface area contributed by atoms with Crippen molar-refractivity contribution < 1.29 is 14.8 Å². The first kappa shape index (κ1) is 14.4. The third-order valence-electron chi connectivity index (χ3n) is 2.49. The van der Waals surface area contributed by atoms with Crippen LogP contribution in [0.4, 0.5) is 5.69 Å². The first-order chi connectivity index (χ1) is 9.45. The zero-order valence-corrected chi connectivity index (χ0v) is 12.1. The fourth-order valence-electron chi connectivity index (χ4n) is 1.55. The number of aromatic nitrogens is 1. The van der Waals surface area contributed by atoms with Crippen molar-refractivity contribution in [3.63, 3.8) is 0 Å². The van der Waals surface area contributed by atoms with E-state index in [1.807, 2.05) is 0 Å². The van der Waals surface area contributed by atoms with Crippen LogP contribution in [0.2, 0.25) is 0 Å². The van der Waals surface area contributed by atoms with Crippen molar-refractivity contribution in [2.45, 2.75) is 13.0 Å². The Labute approximate surface area is 123 Å². The Morgan fingerprint density at radius 3 is 2.65 bits per heavy atom. The molecule has 1 N–H and O–H groups in total. The summed E-state index contributed by atoms with van der Waals surface area (Å²) >= 11 is 3.19. The number of rotatable bonds is 4. The van der Waals surface area contributed by atoms with Crippen molar-refractivity contribution in [2.24, 2.45) is 0 Å². The predicted molar refractivity (Wildman–Crippen MR) is 75.7 cm³/mol. The average Bonchev–Trinajstić information content (AvgIpc) is 2.38. The van der Waals surface area contributed by atoms with Crippen LogP contribution in [0.15, 0.2) is 41.0 Å². The van der Waals surface area contributed by atoms with Gasteiger partial charge in [-0.25, -0.2) is 0 Å². The number of pyridine rings is 1. The highest BCUT2D eigenvalue weighted by molar-refractivity contribution is 9.10. The summed E-state index contributed by atoms with van der Waals surface area (Å²) in [5, 5.41) is 20.1. The van der Waals surface area contributed by atoms with Gasteiger partial charge in [0.15, 0.2) is 0 Å². The SMILES string of the molecule is C[C@@H](O)c1ccc(Oc2cc(Br)cc([N+](=O)[O-])c2)cn1. The molecule has 6 nitrogen and oxygen atoms in total. The van der Waals surface area contributed by atoms with E-state index in [1.54, 1.807) is 25.1 Å². The van der Waals surface area contributed by atoms with Crippen LogP contribution in [0.5, 0.6) is 11.5 Å². The monoisotopic (exact) mass is 338 g/mol. The molecule has 104 valence electrons. The third-order valence-corrected chi connectivity index (χ3v) is 2.95. The van der Waals surface area contributed by atoms with Gasteiger partial charge in [0.2, 0.25) is 0 Å². The molecule has 0 fully saturated rings. The Kier molecular flexibility index (Phi) is 4.31. The minimum atomic E-state index is -0.656.